The van der Waals surface area contributed by atoms with Crippen LogP contribution in [-0.4, -0.2) is 6.54 Å². The lowest BCUT2D eigenvalue weighted by Gasteiger charge is -2.25. The summed E-state index contributed by atoms with van der Waals surface area (Å²) in [6.07, 6.45) is 8.33. The highest BCUT2D eigenvalue weighted by molar-refractivity contribution is 14.1. The first-order chi connectivity index (χ1) is 8.72. The molecule has 0 amide bonds. The van der Waals surface area contributed by atoms with Gasteiger partial charge in [0.1, 0.15) is 0 Å². The molecule has 3 rings (SSSR count). The molecule has 2 aliphatic rings. The first-order valence-electron chi connectivity index (χ1n) is 7.24. The smallest absolute Gasteiger partial charge is 0.0659 e. The van der Waals surface area contributed by atoms with E-state index >= 15 is 0 Å². The molecule has 3 atom stereocenters. The Morgan fingerprint density at radius 3 is 3.06 bits per heavy atom. The van der Waals surface area contributed by atoms with Gasteiger partial charge in [0, 0.05) is 10.9 Å². The average Bonchev–Trinajstić information content (AvgIpc) is 2.91. The van der Waals surface area contributed by atoms with E-state index in [9.17, 15) is 0 Å². The van der Waals surface area contributed by atoms with E-state index in [0.29, 0.717) is 6.04 Å². The first kappa shape index (κ1) is 13.4. The molecule has 3 unspecified atom stereocenters. The van der Waals surface area contributed by atoms with Gasteiger partial charge in [0.15, 0.2) is 0 Å². The second kappa shape index (κ2) is 5.80. The van der Waals surface area contributed by atoms with Crippen molar-refractivity contribution in [2.75, 3.05) is 6.54 Å². The highest BCUT2D eigenvalue weighted by Crippen LogP contribution is 2.37. The van der Waals surface area contributed by atoms with Crippen molar-refractivity contribution in [3.8, 4) is 0 Å². The van der Waals surface area contributed by atoms with Crippen LogP contribution in [0.3, 0.4) is 0 Å². The summed E-state index contributed by atoms with van der Waals surface area (Å²) in [7, 11) is 0. The van der Waals surface area contributed by atoms with Crippen molar-refractivity contribution in [2.45, 2.75) is 51.5 Å². The van der Waals surface area contributed by atoms with Crippen molar-refractivity contribution in [1.82, 2.24) is 5.32 Å². The zero-order valence-corrected chi connectivity index (χ0v) is 14.0. The third kappa shape index (κ3) is 2.93. The van der Waals surface area contributed by atoms with Crippen LogP contribution in [0.1, 0.15) is 55.5 Å². The number of halogens is 1. The largest absolute Gasteiger partial charge is 0.310 e. The number of aryl methyl sites for hydroxylation is 1. The van der Waals surface area contributed by atoms with Crippen LogP contribution >= 0.6 is 33.9 Å². The van der Waals surface area contributed by atoms with Crippen LogP contribution in [0.2, 0.25) is 0 Å². The molecule has 2 aliphatic carbocycles. The Labute approximate surface area is 128 Å². The molecular weight excluding hydrogens is 353 g/mol. The van der Waals surface area contributed by atoms with Gasteiger partial charge in [-0.05, 0) is 84.7 Å². The minimum atomic E-state index is 0.643. The standard InChI is InChI=1S/C15H22INS/c1-10-5-6-11(7-10)9-17-13-3-2-4-14-12(13)8-15(16)18-14/h8,10-11,13,17H,2-7,9H2,1H3. The summed E-state index contributed by atoms with van der Waals surface area (Å²) in [5, 5.41) is 3.86. The maximum Gasteiger partial charge on any atom is 0.0659 e. The molecule has 0 radical (unpaired) electrons. The summed E-state index contributed by atoms with van der Waals surface area (Å²) in [5.41, 5.74) is 1.61. The van der Waals surface area contributed by atoms with Gasteiger partial charge in [-0.3, -0.25) is 0 Å². The van der Waals surface area contributed by atoms with E-state index in [1.165, 1.54) is 48.0 Å². The molecule has 1 heterocycles. The van der Waals surface area contributed by atoms with Gasteiger partial charge in [-0.25, -0.2) is 0 Å². The molecule has 1 aromatic rings. The Kier molecular flexibility index (Phi) is 4.31. The highest BCUT2D eigenvalue weighted by Gasteiger charge is 2.25. The van der Waals surface area contributed by atoms with Crippen LogP contribution in [0.15, 0.2) is 6.07 Å². The van der Waals surface area contributed by atoms with Crippen molar-refractivity contribution < 1.29 is 0 Å². The van der Waals surface area contributed by atoms with Crippen LogP contribution < -0.4 is 5.32 Å². The molecule has 0 saturated heterocycles. The van der Waals surface area contributed by atoms with E-state index in [4.69, 9.17) is 0 Å². The van der Waals surface area contributed by atoms with E-state index in [0.717, 1.165) is 11.8 Å². The fourth-order valence-electron chi connectivity index (χ4n) is 3.55. The van der Waals surface area contributed by atoms with E-state index in [1.54, 1.807) is 10.4 Å². The lowest BCUT2D eigenvalue weighted by molar-refractivity contribution is 0.399. The van der Waals surface area contributed by atoms with Crippen LogP contribution in [-0.2, 0) is 6.42 Å². The highest BCUT2D eigenvalue weighted by atomic mass is 127. The fourth-order valence-corrected chi connectivity index (χ4v) is 5.67. The number of fused-ring (bicyclic) bond motifs is 1. The Balaban J connectivity index is 1.60. The molecule has 0 spiro atoms. The zero-order chi connectivity index (χ0) is 12.5. The minimum absolute atomic E-state index is 0.643. The Hall–Kier alpha value is 0.390. The predicted octanol–water partition coefficient (Wildman–Crippen LogP) is 4.76. The molecule has 18 heavy (non-hydrogen) atoms. The van der Waals surface area contributed by atoms with Crippen molar-refractivity contribution in [3.63, 3.8) is 0 Å². The lowest BCUT2D eigenvalue weighted by Crippen LogP contribution is -2.28. The molecule has 0 aromatic carbocycles. The maximum atomic E-state index is 3.86. The van der Waals surface area contributed by atoms with Crippen LogP contribution in [0.25, 0.3) is 0 Å². The molecule has 1 saturated carbocycles. The number of hydrogen-bond acceptors (Lipinski definition) is 2. The molecule has 1 fully saturated rings. The average molecular weight is 375 g/mol. The second-order valence-electron chi connectivity index (χ2n) is 6.07. The Morgan fingerprint density at radius 2 is 2.28 bits per heavy atom. The van der Waals surface area contributed by atoms with Crippen LogP contribution in [0, 0.1) is 14.7 Å². The van der Waals surface area contributed by atoms with Gasteiger partial charge in [0.25, 0.3) is 0 Å². The number of nitrogens with one attached hydrogen (secondary N) is 1. The van der Waals surface area contributed by atoms with E-state index in [2.05, 4.69) is 40.9 Å². The Bertz CT molecular complexity index is 415. The van der Waals surface area contributed by atoms with Crippen molar-refractivity contribution in [3.05, 3.63) is 19.4 Å². The molecule has 100 valence electrons. The van der Waals surface area contributed by atoms with E-state index < -0.39 is 0 Å². The fraction of sp³-hybridized carbons (Fsp3) is 0.733. The molecular formula is C15H22INS. The molecule has 1 aromatic heterocycles. The second-order valence-corrected chi connectivity index (χ2v) is 9.10. The van der Waals surface area contributed by atoms with Crippen LogP contribution in [0.4, 0.5) is 0 Å². The lowest BCUT2D eigenvalue weighted by atomic mass is 9.93. The third-order valence-corrected chi connectivity index (χ3v) is 6.51. The van der Waals surface area contributed by atoms with Crippen molar-refractivity contribution in [2.24, 2.45) is 11.8 Å². The normalized spacial score (nSPS) is 31.6. The quantitative estimate of drug-likeness (QED) is 0.752. The summed E-state index contributed by atoms with van der Waals surface area (Å²) < 4.78 is 1.46. The Morgan fingerprint density at radius 1 is 1.39 bits per heavy atom. The van der Waals surface area contributed by atoms with Crippen LogP contribution in [0.5, 0.6) is 0 Å². The summed E-state index contributed by atoms with van der Waals surface area (Å²) in [5.74, 6) is 1.89. The van der Waals surface area contributed by atoms with Crippen molar-refractivity contribution in [1.29, 1.82) is 0 Å². The number of rotatable bonds is 3. The molecule has 0 bridgehead atoms. The molecule has 0 aliphatic heterocycles. The van der Waals surface area contributed by atoms with Gasteiger partial charge in [0.2, 0.25) is 0 Å². The monoisotopic (exact) mass is 375 g/mol. The van der Waals surface area contributed by atoms with Gasteiger partial charge in [-0.1, -0.05) is 13.3 Å². The summed E-state index contributed by atoms with van der Waals surface area (Å²) >= 11 is 4.47. The number of hydrogen-bond donors (Lipinski definition) is 1. The minimum Gasteiger partial charge on any atom is -0.310 e. The maximum absolute atomic E-state index is 3.86. The topological polar surface area (TPSA) is 12.0 Å². The van der Waals surface area contributed by atoms with Gasteiger partial charge < -0.3 is 5.32 Å². The SMILES string of the molecule is CC1CCC(CNC2CCCc3sc(I)cc32)C1. The van der Waals surface area contributed by atoms with Gasteiger partial charge in [-0.2, -0.15) is 0 Å². The number of thiophene rings is 1. The molecule has 3 heteroatoms. The van der Waals surface area contributed by atoms with Gasteiger partial charge in [0.05, 0.1) is 2.88 Å². The summed E-state index contributed by atoms with van der Waals surface area (Å²) in [4.78, 5) is 1.64. The van der Waals surface area contributed by atoms with Gasteiger partial charge in [-0.15, -0.1) is 11.3 Å². The summed E-state index contributed by atoms with van der Waals surface area (Å²) in [6, 6.07) is 3.05. The molecule has 1 nitrogen and oxygen atoms in total. The summed E-state index contributed by atoms with van der Waals surface area (Å²) in [6.45, 7) is 3.64. The third-order valence-electron chi connectivity index (χ3n) is 4.54. The predicted molar refractivity (Wildman–Crippen MR) is 87.2 cm³/mol. The van der Waals surface area contributed by atoms with Crippen molar-refractivity contribution >= 4 is 33.9 Å². The molecule has 1 N–H and O–H groups in total. The zero-order valence-electron chi connectivity index (χ0n) is 11.0. The van der Waals surface area contributed by atoms with E-state index in [-0.39, 0.29) is 0 Å². The van der Waals surface area contributed by atoms with E-state index in [1.807, 2.05) is 11.3 Å². The first-order valence-corrected chi connectivity index (χ1v) is 9.13. The van der Waals surface area contributed by atoms with Gasteiger partial charge >= 0.3 is 0 Å².